The molecule has 2 aliphatic heterocycles. The Hall–Kier alpha value is -7.36. The van der Waals surface area contributed by atoms with Crippen LogP contribution in [0.15, 0.2) is 170 Å². The van der Waals surface area contributed by atoms with E-state index in [0.29, 0.717) is 0 Å². The van der Waals surface area contributed by atoms with Crippen molar-refractivity contribution in [1.82, 2.24) is 0 Å². The average molecular weight is 1000 g/mol. The number of rotatable bonds is 3. The molecule has 11 aromatic carbocycles. The Morgan fingerprint density at radius 1 is 0.286 bits per heavy atom. The molecule has 2 aliphatic rings. The van der Waals surface area contributed by atoms with E-state index >= 15 is 0 Å². The lowest BCUT2D eigenvalue weighted by molar-refractivity contribution is 0.568. The Morgan fingerprint density at radius 3 is 1.12 bits per heavy atom. The first-order valence-electron chi connectivity index (χ1n) is 28.2. The van der Waals surface area contributed by atoms with E-state index < -0.39 is 0 Å². The molecule has 0 radical (unpaired) electrons. The molecule has 0 amide bonds. The van der Waals surface area contributed by atoms with Gasteiger partial charge in [-0.15, -0.1) is 0 Å². The van der Waals surface area contributed by atoms with Gasteiger partial charge in [-0.2, -0.15) is 0 Å². The van der Waals surface area contributed by atoms with Gasteiger partial charge >= 0.3 is 0 Å². The second-order valence-electron chi connectivity index (χ2n) is 27.9. The minimum atomic E-state index is -0.0863. The van der Waals surface area contributed by atoms with Crippen LogP contribution in [0.5, 0.6) is 0 Å². The predicted octanol–water partition coefficient (Wildman–Crippen LogP) is 19.1. The normalized spacial score (nSPS) is 14.1. The molecule has 382 valence electrons. The van der Waals surface area contributed by atoms with Crippen LogP contribution in [0.2, 0.25) is 0 Å². The van der Waals surface area contributed by atoms with Crippen LogP contribution in [0.25, 0.3) is 65.0 Å². The third-order valence-corrected chi connectivity index (χ3v) is 17.4. The Bertz CT molecular complexity index is 3980. The summed E-state index contributed by atoms with van der Waals surface area (Å²) >= 11 is 0. The monoisotopic (exact) mass is 1000 g/mol. The molecular weight excluding hydrogens is 928 g/mol. The molecule has 0 saturated heterocycles. The fourth-order valence-corrected chi connectivity index (χ4v) is 13.1. The maximum Gasteiger partial charge on any atom is 0.253 e. The van der Waals surface area contributed by atoms with Crippen molar-refractivity contribution in [3.8, 4) is 11.1 Å². The molecule has 0 bridgehead atoms. The van der Waals surface area contributed by atoms with Gasteiger partial charge in [-0.05, 0) is 197 Å². The van der Waals surface area contributed by atoms with Crippen LogP contribution < -0.4 is 26.2 Å². The summed E-state index contributed by atoms with van der Waals surface area (Å²) < 4.78 is 0. The zero-order valence-electron chi connectivity index (χ0n) is 48.1. The topological polar surface area (TPSA) is 6.48 Å². The molecule has 11 aromatic rings. The van der Waals surface area contributed by atoms with Crippen molar-refractivity contribution in [2.45, 2.75) is 131 Å². The second-order valence-corrected chi connectivity index (χ2v) is 27.9. The average Bonchev–Trinajstić information content (AvgIpc) is 3.43. The van der Waals surface area contributed by atoms with Crippen molar-refractivity contribution in [2.24, 2.45) is 0 Å². The zero-order valence-corrected chi connectivity index (χ0v) is 48.1. The highest BCUT2D eigenvalue weighted by molar-refractivity contribution is 7.03. The molecule has 3 heteroatoms. The van der Waals surface area contributed by atoms with Gasteiger partial charge in [-0.25, -0.2) is 0 Å². The maximum absolute atomic E-state index is 2.67. The standard InChI is InChI=1S/C74H73BN2/c1-70(2,3)51-38-52(71(4,5)6)41-55(40-51)76-61-32-28-44-20-16-18-22-57(44)67(61)75-68-58-23-19-17-21-45(58)29-33-62(68)77(56-42-53(72(7,8)9)39-54(43-56)73(10,11)12)64-37-50(36-63(76)69(64)75)49-34-47-25-24-46-27-31-60(74(13,14)15)59-30-26-48(35-49)65(47)66(46)59/h16-43H,1-15H3. The summed E-state index contributed by atoms with van der Waals surface area (Å²) in [5, 5.41) is 13.0. The summed E-state index contributed by atoms with van der Waals surface area (Å²) in [7, 11) is 0. The van der Waals surface area contributed by atoms with Crippen molar-refractivity contribution >= 4 is 111 Å². The van der Waals surface area contributed by atoms with Crippen molar-refractivity contribution in [3.05, 3.63) is 198 Å². The van der Waals surface area contributed by atoms with Gasteiger partial charge in [0, 0.05) is 34.1 Å². The molecule has 0 spiro atoms. The molecule has 0 fully saturated rings. The van der Waals surface area contributed by atoms with E-state index in [4.69, 9.17) is 0 Å². The number of hydrogen-bond acceptors (Lipinski definition) is 2. The third kappa shape index (κ3) is 7.80. The lowest BCUT2D eigenvalue weighted by Gasteiger charge is -2.46. The quantitative estimate of drug-likeness (QED) is 0.129. The number of benzene rings is 11. The van der Waals surface area contributed by atoms with Crippen LogP contribution in [0.3, 0.4) is 0 Å². The van der Waals surface area contributed by atoms with Crippen LogP contribution in [0.4, 0.5) is 34.1 Å². The zero-order chi connectivity index (χ0) is 54.0. The van der Waals surface area contributed by atoms with Gasteiger partial charge in [0.2, 0.25) is 0 Å². The molecule has 77 heavy (non-hydrogen) atoms. The van der Waals surface area contributed by atoms with Crippen molar-refractivity contribution in [3.63, 3.8) is 0 Å². The first kappa shape index (κ1) is 49.2. The smallest absolute Gasteiger partial charge is 0.253 e. The van der Waals surface area contributed by atoms with Crippen molar-refractivity contribution < 1.29 is 0 Å². The van der Waals surface area contributed by atoms with E-state index in [0.717, 1.165) is 0 Å². The predicted molar refractivity (Wildman–Crippen MR) is 338 cm³/mol. The first-order valence-corrected chi connectivity index (χ1v) is 28.2. The fourth-order valence-electron chi connectivity index (χ4n) is 13.1. The van der Waals surface area contributed by atoms with Crippen molar-refractivity contribution in [2.75, 3.05) is 9.80 Å². The lowest BCUT2D eigenvalue weighted by atomic mass is 9.32. The second kappa shape index (κ2) is 16.6. The van der Waals surface area contributed by atoms with Gasteiger partial charge in [0.05, 0.1) is 0 Å². The number of nitrogens with zero attached hydrogens (tertiary/aromatic N) is 2. The SMILES string of the molecule is CC(C)(C)c1cc(N2c3cc(-c4cc5ccc6ccc(C(C)(C)C)c7ccc(c4)c5c67)cc4c3B(c3c2ccc2ccccc32)c2c(ccc3ccccc23)N4c2cc(C(C)(C)C)cc(C(C)(C)C)c2)cc(C(C)(C)C)c1. The molecular formula is C74H73BN2. The molecule has 13 rings (SSSR count). The van der Waals surface area contributed by atoms with E-state index in [2.05, 4.69) is 284 Å². The number of anilines is 6. The first-order chi connectivity index (χ1) is 36.3. The van der Waals surface area contributed by atoms with Gasteiger partial charge in [0.25, 0.3) is 6.71 Å². The largest absolute Gasteiger partial charge is 0.311 e. The Labute approximate surface area is 458 Å². The van der Waals surface area contributed by atoms with Gasteiger partial charge in [0.15, 0.2) is 0 Å². The molecule has 0 saturated carbocycles. The summed E-state index contributed by atoms with van der Waals surface area (Å²) in [5.74, 6) is 0. The number of hydrogen-bond donors (Lipinski definition) is 0. The molecule has 0 N–H and O–H groups in total. The third-order valence-electron chi connectivity index (χ3n) is 17.4. The fraction of sp³-hybridized carbons (Fsp3) is 0.270. The van der Waals surface area contributed by atoms with Crippen LogP contribution in [0, 0.1) is 0 Å². The minimum absolute atomic E-state index is 0.0174. The van der Waals surface area contributed by atoms with Crippen LogP contribution in [-0.2, 0) is 27.1 Å². The van der Waals surface area contributed by atoms with E-state index in [-0.39, 0.29) is 33.8 Å². The highest BCUT2D eigenvalue weighted by atomic mass is 15.2. The van der Waals surface area contributed by atoms with E-state index in [9.17, 15) is 0 Å². The Balaban J connectivity index is 1.21. The molecule has 0 aliphatic carbocycles. The lowest BCUT2D eigenvalue weighted by Crippen LogP contribution is -2.61. The van der Waals surface area contributed by atoms with Gasteiger partial charge in [0.1, 0.15) is 0 Å². The molecule has 0 unspecified atom stereocenters. The van der Waals surface area contributed by atoms with Gasteiger partial charge in [-0.3, -0.25) is 0 Å². The molecule has 2 nitrogen and oxygen atoms in total. The van der Waals surface area contributed by atoms with Crippen LogP contribution in [0.1, 0.15) is 132 Å². The van der Waals surface area contributed by atoms with Crippen molar-refractivity contribution in [1.29, 1.82) is 0 Å². The molecule has 0 aromatic heterocycles. The summed E-state index contributed by atoms with van der Waals surface area (Å²) in [5.41, 5.74) is 20.2. The molecule has 2 heterocycles. The summed E-state index contributed by atoms with van der Waals surface area (Å²) in [4.78, 5) is 5.34. The van der Waals surface area contributed by atoms with E-state index in [1.165, 1.54) is 143 Å². The van der Waals surface area contributed by atoms with Crippen LogP contribution in [-0.4, -0.2) is 6.71 Å². The minimum Gasteiger partial charge on any atom is -0.311 e. The summed E-state index contributed by atoms with van der Waals surface area (Å²) in [6, 6.07) is 67.1. The Kier molecular flexibility index (Phi) is 10.6. The Morgan fingerprint density at radius 2 is 0.675 bits per heavy atom. The summed E-state index contributed by atoms with van der Waals surface area (Å²) in [6.07, 6.45) is 0. The summed E-state index contributed by atoms with van der Waals surface area (Å²) in [6.45, 7) is 35.3. The van der Waals surface area contributed by atoms with Gasteiger partial charge < -0.3 is 9.80 Å². The van der Waals surface area contributed by atoms with E-state index in [1.807, 2.05) is 0 Å². The molecule has 0 atom stereocenters. The number of fused-ring (bicyclic) bond motifs is 8. The highest BCUT2D eigenvalue weighted by Crippen LogP contribution is 2.51. The highest BCUT2D eigenvalue weighted by Gasteiger charge is 2.46. The van der Waals surface area contributed by atoms with Gasteiger partial charge in [-0.1, -0.05) is 213 Å². The van der Waals surface area contributed by atoms with Crippen LogP contribution >= 0.6 is 0 Å². The van der Waals surface area contributed by atoms with E-state index in [1.54, 1.807) is 0 Å². The maximum atomic E-state index is 2.67.